The fourth-order valence-corrected chi connectivity index (χ4v) is 3.85. The third-order valence-corrected chi connectivity index (χ3v) is 5.36. The third kappa shape index (κ3) is 3.70. The molecule has 0 aliphatic carbocycles. The van der Waals surface area contributed by atoms with Gasteiger partial charge in [0.25, 0.3) is 0 Å². The first-order valence-electron chi connectivity index (χ1n) is 9.07. The van der Waals surface area contributed by atoms with E-state index in [0.29, 0.717) is 28.6 Å². The molecule has 0 spiro atoms. The van der Waals surface area contributed by atoms with Crippen LogP contribution in [0.15, 0.2) is 51.7 Å². The number of anilines is 1. The van der Waals surface area contributed by atoms with E-state index >= 15 is 0 Å². The molecule has 0 radical (unpaired) electrons. The summed E-state index contributed by atoms with van der Waals surface area (Å²) >= 11 is 6.26. The van der Waals surface area contributed by atoms with Crippen LogP contribution in [-0.2, 0) is 6.54 Å². The van der Waals surface area contributed by atoms with E-state index in [-0.39, 0.29) is 5.82 Å². The summed E-state index contributed by atoms with van der Waals surface area (Å²) in [6.45, 7) is 3.56. The summed E-state index contributed by atoms with van der Waals surface area (Å²) < 4.78 is 24.5. The Hall–Kier alpha value is -2.57. The molecule has 0 N–H and O–H groups in total. The number of ether oxygens (including phenoxy) is 1. The summed E-state index contributed by atoms with van der Waals surface area (Å²) in [5.41, 5.74) is 1.53. The maximum absolute atomic E-state index is 14.0. The second-order valence-corrected chi connectivity index (χ2v) is 7.20. The Labute approximate surface area is 166 Å². The van der Waals surface area contributed by atoms with Gasteiger partial charge in [-0.15, -0.1) is 0 Å². The molecular formula is C21H20ClFN2O3. The molecule has 146 valence electrons. The number of benzene rings is 2. The number of hydrogen-bond donors (Lipinski definition) is 0. The van der Waals surface area contributed by atoms with Gasteiger partial charge in [-0.05, 0) is 23.8 Å². The predicted octanol–water partition coefficient (Wildman–Crippen LogP) is 3.92. The number of para-hydroxylation sites is 1. The molecule has 0 bridgehead atoms. The van der Waals surface area contributed by atoms with Crippen LogP contribution in [0.25, 0.3) is 11.0 Å². The van der Waals surface area contributed by atoms with E-state index in [1.807, 2.05) is 11.0 Å². The maximum Gasteiger partial charge on any atom is 0.336 e. The van der Waals surface area contributed by atoms with Crippen molar-refractivity contribution in [3.63, 3.8) is 0 Å². The van der Waals surface area contributed by atoms with Crippen molar-refractivity contribution in [3.05, 3.63) is 69.3 Å². The van der Waals surface area contributed by atoms with E-state index in [1.165, 1.54) is 19.2 Å². The van der Waals surface area contributed by atoms with E-state index < -0.39 is 5.63 Å². The smallest absolute Gasteiger partial charge is 0.336 e. The van der Waals surface area contributed by atoms with Gasteiger partial charge < -0.3 is 14.1 Å². The molecule has 1 aliphatic rings. The van der Waals surface area contributed by atoms with E-state index in [1.54, 1.807) is 24.3 Å². The summed E-state index contributed by atoms with van der Waals surface area (Å²) in [7, 11) is 1.52. The van der Waals surface area contributed by atoms with Crippen molar-refractivity contribution in [2.24, 2.45) is 0 Å². The van der Waals surface area contributed by atoms with Crippen LogP contribution in [0, 0.1) is 5.82 Å². The summed E-state index contributed by atoms with van der Waals surface area (Å²) in [6, 6.07) is 11.7. The largest absolute Gasteiger partial charge is 0.495 e. The minimum atomic E-state index is -0.406. The molecule has 7 heteroatoms. The Morgan fingerprint density at radius 2 is 1.89 bits per heavy atom. The molecule has 0 atom stereocenters. The number of rotatable bonds is 4. The molecule has 2 aromatic carbocycles. The Balaban J connectivity index is 1.54. The van der Waals surface area contributed by atoms with Gasteiger partial charge in [0.1, 0.15) is 17.1 Å². The lowest BCUT2D eigenvalue weighted by Crippen LogP contribution is -2.46. The fourth-order valence-electron chi connectivity index (χ4n) is 3.61. The van der Waals surface area contributed by atoms with Gasteiger partial charge in [0, 0.05) is 50.2 Å². The number of fused-ring (bicyclic) bond motifs is 1. The van der Waals surface area contributed by atoms with E-state index in [4.69, 9.17) is 20.8 Å². The van der Waals surface area contributed by atoms with Crippen LogP contribution in [0.1, 0.15) is 5.56 Å². The lowest BCUT2D eigenvalue weighted by Gasteiger charge is -2.36. The second-order valence-electron chi connectivity index (χ2n) is 6.79. The molecule has 0 saturated carbocycles. The highest BCUT2D eigenvalue weighted by Crippen LogP contribution is 2.31. The van der Waals surface area contributed by atoms with Crippen LogP contribution in [0.3, 0.4) is 0 Å². The standard InChI is InChI=1S/C21H20ClFN2O3/c1-27-20-12-19-15(11-16(20)22)14(10-21(26)28-19)13-24-6-8-25(9-7-24)18-5-3-2-4-17(18)23/h2-5,10-12H,6-9,13H2,1H3. The molecule has 1 aliphatic heterocycles. The molecule has 2 heterocycles. The van der Waals surface area contributed by atoms with Crippen LogP contribution in [-0.4, -0.2) is 38.2 Å². The lowest BCUT2D eigenvalue weighted by molar-refractivity contribution is 0.249. The second kappa shape index (κ2) is 7.81. The number of nitrogens with zero attached hydrogens (tertiary/aromatic N) is 2. The average molecular weight is 403 g/mol. The third-order valence-electron chi connectivity index (χ3n) is 5.06. The zero-order valence-electron chi connectivity index (χ0n) is 15.5. The molecule has 1 aromatic heterocycles. The van der Waals surface area contributed by atoms with Gasteiger partial charge >= 0.3 is 5.63 Å². The van der Waals surface area contributed by atoms with Crippen LogP contribution in [0.5, 0.6) is 5.75 Å². The van der Waals surface area contributed by atoms with Gasteiger partial charge in [0.15, 0.2) is 0 Å². The first kappa shape index (κ1) is 18.8. The maximum atomic E-state index is 14.0. The van der Waals surface area contributed by atoms with Gasteiger partial charge in [-0.2, -0.15) is 0 Å². The average Bonchev–Trinajstić information content (AvgIpc) is 2.69. The molecule has 28 heavy (non-hydrogen) atoms. The first-order valence-corrected chi connectivity index (χ1v) is 9.45. The molecule has 5 nitrogen and oxygen atoms in total. The van der Waals surface area contributed by atoms with Crippen molar-refractivity contribution in [2.75, 3.05) is 38.2 Å². The zero-order valence-corrected chi connectivity index (χ0v) is 16.2. The molecule has 0 unspecified atom stereocenters. The van der Waals surface area contributed by atoms with E-state index in [2.05, 4.69) is 4.90 Å². The van der Waals surface area contributed by atoms with Crippen LogP contribution in [0.2, 0.25) is 5.02 Å². The highest BCUT2D eigenvalue weighted by Gasteiger charge is 2.20. The Morgan fingerprint density at radius 1 is 1.14 bits per heavy atom. The highest BCUT2D eigenvalue weighted by atomic mass is 35.5. The number of halogens is 2. The van der Waals surface area contributed by atoms with Crippen molar-refractivity contribution in [3.8, 4) is 5.75 Å². The SMILES string of the molecule is COc1cc2oc(=O)cc(CN3CCN(c4ccccc4F)CC3)c2cc1Cl. The summed E-state index contributed by atoms with van der Waals surface area (Å²) in [5, 5.41) is 1.26. The molecular weight excluding hydrogens is 383 g/mol. The molecule has 1 saturated heterocycles. The molecule has 1 fully saturated rings. The van der Waals surface area contributed by atoms with Gasteiger partial charge in [-0.25, -0.2) is 9.18 Å². The summed E-state index contributed by atoms with van der Waals surface area (Å²) in [4.78, 5) is 16.3. The minimum Gasteiger partial charge on any atom is -0.495 e. The Bertz CT molecular complexity index is 1060. The van der Waals surface area contributed by atoms with Crippen LogP contribution < -0.4 is 15.3 Å². The summed E-state index contributed by atoms with van der Waals surface area (Å²) in [6.07, 6.45) is 0. The fraction of sp³-hybridized carbons (Fsp3) is 0.286. The number of methoxy groups -OCH3 is 1. The van der Waals surface area contributed by atoms with Crippen molar-refractivity contribution in [2.45, 2.75) is 6.54 Å². The van der Waals surface area contributed by atoms with Crippen LogP contribution >= 0.6 is 11.6 Å². The highest BCUT2D eigenvalue weighted by molar-refractivity contribution is 6.32. The van der Waals surface area contributed by atoms with Gasteiger partial charge in [-0.3, -0.25) is 4.90 Å². The molecule has 4 rings (SSSR count). The lowest BCUT2D eigenvalue weighted by atomic mass is 10.1. The van der Waals surface area contributed by atoms with E-state index in [9.17, 15) is 9.18 Å². The first-order chi connectivity index (χ1) is 13.5. The van der Waals surface area contributed by atoms with Crippen LogP contribution in [0.4, 0.5) is 10.1 Å². The summed E-state index contributed by atoms with van der Waals surface area (Å²) in [5.74, 6) is 0.263. The number of piperazine rings is 1. The normalized spacial score (nSPS) is 15.2. The number of hydrogen-bond acceptors (Lipinski definition) is 5. The monoisotopic (exact) mass is 402 g/mol. The molecule has 0 amide bonds. The van der Waals surface area contributed by atoms with Crippen molar-refractivity contribution >= 4 is 28.3 Å². The predicted molar refractivity (Wildman–Crippen MR) is 108 cm³/mol. The quantitative estimate of drug-likeness (QED) is 0.619. The minimum absolute atomic E-state index is 0.203. The van der Waals surface area contributed by atoms with Crippen molar-refractivity contribution in [1.29, 1.82) is 0 Å². The Kier molecular flexibility index (Phi) is 5.24. The Morgan fingerprint density at radius 3 is 2.61 bits per heavy atom. The molecule has 3 aromatic rings. The van der Waals surface area contributed by atoms with Crippen molar-refractivity contribution in [1.82, 2.24) is 4.90 Å². The van der Waals surface area contributed by atoms with Gasteiger partial charge in [0.05, 0.1) is 17.8 Å². The topological polar surface area (TPSA) is 45.9 Å². The van der Waals surface area contributed by atoms with Gasteiger partial charge in [-0.1, -0.05) is 23.7 Å². The zero-order chi connectivity index (χ0) is 19.7. The van der Waals surface area contributed by atoms with E-state index in [0.717, 1.165) is 37.1 Å². The van der Waals surface area contributed by atoms with Gasteiger partial charge in [0.2, 0.25) is 0 Å². The van der Waals surface area contributed by atoms with Crippen molar-refractivity contribution < 1.29 is 13.5 Å².